The van der Waals surface area contributed by atoms with E-state index in [2.05, 4.69) is 42.9 Å². The topological polar surface area (TPSA) is 32.3 Å². The van der Waals surface area contributed by atoms with Gasteiger partial charge in [0.05, 0.1) is 5.60 Å². The first-order chi connectivity index (χ1) is 8.40. The van der Waals surface area contributed by atoms with Gasteiger partial charge in [0.1, 0.15) is 0 Å². The van der Waals surface area contributed by atoms with Crippen LogP contribution in [0.5, 0.6) is 0 Å². The zero-order chi connectivity index (χ0) is 13.2. The molecule has 1 aromatic heterocycles. The second-order valence-corrected chi connectivity index (χ2v) is 7.33. The Balaban J connectivity index is 1.83. The zero-order valence-electron chi connectivity index (χ0n) is 11.7. The summed E-state index contributed by atoms with van der Waals surface area (Å²) in [5, 5.41) is 18.3. The summed E-state index contributed by atoms with van der Waals surface area (Å²) in [7, 11) is 0. The van der Waals surface area contributed by atoms with E-state index in [1.807, 2.05) is 0 Å². The Morgan fingerprint density at radius 3 is 2.56 bits per heavy atom. The molecular weight excluding hydrogens is 242 g/mol. The molecule has 1 saturated carbocycles. The SMILES string of the molecule is CC(NCC1(O)CCC(C)(C)CC1)c1ccsc1. The smallest absolute Gasteiger partial charge is 0.0772 e. The lowest BCUT2D eigenvalue weighted by molar-refractivity contribution is -0.0258. The van der Waals surface area contributed by atoms with Gasteiger partial charge in [-0.25, -0.2) is 0 Å². The van der Waals surface area contributed by atoms with Gasteiger partial charge < -0.3 is 10.4 Å². The summed E-state index contributed by atoms with van der Waals surface area (Å²) in [5.74, 6) is 0. The third-order valence-electron chi connectivity index (χ3n) is 4.31. The summed E-state index contributed by atoms with van der Waals surface area (Å²) >= 11 is 1.73. The van der Waals surface area contributed by atoms with Gasteiger partial charge >= 0.3 is 0 Å². The van der Waals surface area contributed by atoms with Crippen molar-refractivity contribution in [2.75, 3.05) is 6.54 Å². The molecular formula is C15H25NOS. The van der Waals surface area contributed by atoms with Crippen molar-refractivity contribution in [3.63, 3.8) is 0 Å². The van der Waals surface area contributed by atoms with Gasteiger partial charge in [-0.1, -0.05) is 13.8 Å². The Morgan fingerprint density at radius 1 is 1.33 bits per heavy atom. The lowest BCUT2D eigenvalue weighted by atomic mass is 9.71. The van der Waals surface area contributed by atoms with Gasteiger partial charge in [-0.15, -0.1) is 0 Å². The molecule has 3 heteroatoms. The van der Waals surface area contributed by atoms with E-state index >= 15 is 0 Å². The van der Waals surface area contributed by atoms with E-state index in [0.717, 1.165) is 25.7 Å². The number of nitrogens with one attached hydrogen (secondary N) is 1. The van der Waals surface area contributed by atoms with Crippen LogP contribution in [-0.2, 0) is 0 Å². The van der Waals surface area contributed by atoms with E-state index in [4.69, 9.17) is 0 Å². The molecule has 2 N–H and O–H groups in total. The van der Waals surface area contributed by atoms with Crippen molar-refractivity contribution >= 4 is 11.3 Å². The summed E-state index contributed by atoms with van der Waals surface area (Å²) in [6.45, 7) is 7.47. The van der Waals surface area contributed by atoms with Gasteiger partial charge in [0.25, 0.3) is 0 Å². The Bertz CT molecular complexity index is 362. The molecule has 1 atom stereocenters. The second kappa shape index (κ2) is 5.32. The van der Waals surface area contributed by atoms with Crippen LogP contribution in [0.2, 0.25) is 0 Å². The quantitative estimate of drug-likeness (QED) is 0.871. The predicted molar refractivity (Wildman–Crippen MR) is 77.9 cm³/mol. The van der Waals surface area contributed by atoms with Crippen LogP contribution in [0.3, 0.4) is 0 Å². The van der Waals surface area contributed by atoms with Gasteiger partial charge in [-0.2, -0.15) is 11.3 Å². The van der Waals surface area contributed by atoms with Crippen LogP contribution >= 0.6 is 11.3 Å². The first kappa shape index (κ1) is 14.0. The maximum absolute atomic E-state index is 10.6. The molecule has 1 aromatic rings. The van der Waals surface area contributed by atoms with Crippen LogP contribution < -0.4 is 5.32 Å². The second-order valence-electron chi connectivity index (χ2n) is 6.55. The van der Waals surface area contributed by atoms with Gasteiger partial charge in [0.15, 0.2) is 0 Å². The number of rotatable bonds is 4. The molecule has 0 amide bonds. The van der Waals surface area contributed by atoms with Gasteiger partial charge in [0.2, 0.25) is 0 Å². The third kappa shape index (κ3) is 3.56. The Hall–Kier alpha value is -0.380. The van der Waals surface area contributed by atoms with Gasteiger partial charge in [0, 0.05) is 12.6 Å². The van der Waals surface area contributed by atoms with Crippen molar-refractivity contribution in [3.8, 4) is 0 Å². The molecule has 1 aliphatic carbocycles. The summed E-state index contributed by atoms with van der Waals surface area (Å²) in [6.07, 6.45) is 4.09. The first-order valence-electron chi connectivity index (χ1n) is 6.88. The van der Waals surface area contributed by atoms with E-state index in [1.165, 1.54) is 5.56 Å². The summed E-state index contributed by atoms with van der Waals surface area (Å²) in [6, 6.07) is 2.48. The van der Waals surface area contributed by atoms with E-state index < -0.39 is 5.60 Å². The van der Waals surface area contributed by atoms with Crippen LogP contribution in [0.15, 0.2) is 16.8 Å². The van der Waals surface area contributed by atoms with Crippen LogP contribution in [0, 0.1) is 5.41 Å². The standard InChI is InChI=1S/C15H25NOS/c1-12(13-4-9-18-10-13)16-11-15(17)7-5-14(2,3)6-8-15/h4,9-10,12,16-17H,5-8,11H2,1-3H3. The molecule has 1 fully saturated rings. The van der Waals surface area contributed by atoms with E-state index in [1.54, 1.807) is 11.3 Å². The minimum atomic E-state index is -0.500. The van der Waals surface area contributed by atoms with Crippen LogP contribution in [0.25, 0.3) is 0 Å². The van der Waals surface area contributed by atoms with Crippen molar-refractivity contribution < 1.29 is 5.11 Å². The van der Waals surface area contributed by atoms with E-state index in [9.17, 15) is 5.11 Å². The van der Waals surface area contributed by atoms with Gasteiger partial charge in [-0.05, 0) is 60.4 Å². The molecule has 0 radical (unpaired) electrons. The fraction of sp³-hybridized carbons (Fsp3) is 0.733. The average Bonchev–Trinajstić information content (AvgIpc) is 2.85. The normalized spacial score (nSPS) is 23.8. The molecule has 0 saturated heterocycles. The first-order valence-corrected chi connectivity index (χ1v) is 7.82. The molecule has 1 heterocycles. The third-order valence-corrected chi connectivity index (χ3v) is 5.02. The van der Waals surface area contributed by atoms with Crippen molar-refractivity contribution in [1.82, 2.24) is 5.32 Å². The van der Waals surface area contributed by atoms with Gasteiger partial charge in [-0.3, -0.25) is 0 Å². The highest BCUT2D eigenvalue weighted by atomic mass is 32.1. The molecule has 0 aliphatic heterocycles. The minimum absolute atomic E-state index is 0.329. The maximum Gasteiger partial charge on any atom is 0.0772 e. The lowest BCUT2D eigenvalue weighted by Gasteiger charge is -2.40. The molecule has 2 nitrogen and oxygen atoms in total. The Kier molecular flexibility index (Phi) is 4.15. The Labute approximate surface area is 114 Å². The average molecular weight is 267 g/mol. The fourth-order valence-electron chi connectivity index (χ4n) is 2.55. The number of thiophene rings is 1. The summed E-state index contributed by atoms with van der Waals surface area (Å²) in [5.41, 5.74) is 1.23. The van der Waals surface area contributed by atoms with E-state index in [-0.39, 0.29) is 0 Å². The molecule has 0 bridgehead atoms. The summed E-state index contributed by atoms with van der Waals surface area (Å²) in [4.78, 5) is 0. The zero-order valence-corrected chi connectivity index (χ0v) is 12.5. The van der Waals surface area contributed by atoms with E-state index in [0.29, 0.717) is 18.0 Å². The highest BCUT2D eigenvalue weighted by Crippen LogP contribution is 2.40. The molecule has 0 spiro atoms. The van der Waals surface area contributed by atoms with Crippen LogP contribution in [0.4, 0.5) is 0 Å². The highest BCUT2D eigenvalue weighted by Gasteiger charge is 2.36. The van der Waals surface area contributed by atoms with Crippen molar-refractivity contribution in [1.29, 1.82) is 0 Å². The van der Waals surface area contributed by atoms with Crippen molar-refractivity contribution in [2.24, 2.45) is 5.41 Å². The van der Waals surface area contributed by atoms with Crippen molar-refractivity contribution in [3.05, 3.63) is 22.4 Å². The summed E-state index contributed by atoms with van der Waals surface area (Å²) < 4.78 is 0. The largest absolute Gasteiger partial charge is 0.389 e. The molecule has 102 valence electrons. The molecule has 1 unspecified atom stereocenters. The van der Waals surface area contributed by atoms with Crippen molar-refractivity contribution in [2.45, 2.75) is 58.1 Å². The fourth-order valence-corrected chi connectivity index (χ4v) is 3.31. The van der Waals surface area contributed by atoms with Crippen LogP contribution in [0.1, 0.15) is 58.1 Å². The predicted octanol–water partition coefficient (Wildman–Crippen LogP) is 3.73. The molecule has 0 aromatic carbocycles. The lowest BCUT2D eigenvalue weighted by Crippen LogP contribution is -2.45. The molecule has 1 aliphatic rings. The van der Waals surface area contributed by atoms with Crippen LogP contribution in [-0.4, -0.2) is 17.3 Å². The number of hydrogen-bond donors (Lipinski definition) is 2. The molecule has 18 heavy (non-hydrogen) atoms. The highest BCUT2D eigenvalue weighted by molar-refractivity contribution is 7.07. The number of hydrogen-bond acceptors (Lipinski definition) is 3. The monoisotopic (exact) mass is 267 g/mol. The maximum atomic E-state index is 10.6. The minimum Gasteiger partial charge on any atom is -0.389 e. The number of aliphatic hydroxyl groups is 1. The Morgan fingerprint density at radius 2 is 2.00 bits per heavy atom. The molecule has 2 rings (SSSR count).